The smallest absolute Gasteiger partial charge is 1.00 e. The minimum absolute atomic E-state index is 0. The van der Waals surface area contributed by atoms with Crippen LogP contribution in [0.4, 0.5) is 5.69 Å². The van der Waals surface area contributed by atoms with Gasteiger partial charge in [0.1, 0.15) is 0 Å². The molecule has 0 atom stereocenters. The van der Waals surface area contributed by atoms with E-state index in [0.29, 0.717) is 5.56 Å². The number of benzene rings is 2. The van der Waals surface area contributed by atoms with Crippen LogP contribution in [0.5, 0.6) is 0 Å². The van der Waals surface area contributed by atoms with Crippen LogP contribution < -0.4 is 24.2 Å². The Hall–Kier alpha value is -1.49. The van der Waals surface area contributed by atoms with Crippen LogP contribution in [0.3, 0.4) is 0 Å². The molecule has 0 heterocycles. The van der Waals surface area contributed by atoms with Gasteiger partial charge in [0.05, 0.1) is 0 Å². The van der Waals surface area contributed by atoms with Gasteiger partial charge < -0.3 is 6.74 Å². The number of hydrogen-bond acceptors (Lipinski definition) is 1. The third-order valence-electron chi connectivity index (χ3n) is 2.07. The summed E-state index contributed by atoms with van der Waals surface area (Å²) in [4.78, 5) is 11.7. The van der Waals surface area contributed by atoms with E-state index in [0.717, 1.165) is 5.69 Å². The van der Waals surface area contributed by atoms with Gasteiger partial charge in [-0.2, -0.15) is 0 Å². The Balaban J connectivity index is 0.00000128. The molecule has 1 amide bonds. The van der Waals surface area contributed by atoms with Crippen molar-refractivity contribution < 1.29 is 25.1 Å². The van der Waals surface area contributed by atoms with Crippen molar-refractivity contribution in [2.75, 3.05) is 5.32 Å². The zero-order valence-electron chi connectivity index (χ0n) is 10.2. The third-order valence-corrected chi connectivity index (χ3v) is 2.07. The molecule has 2 aromatic rings. The summed E-state index contributed by atoms with van der Waals surface area (Å²) in [7, 11) is 0. The summed E-state index contributed by atoms with van der Waals surface area (Å²) in [6, 6.07) is 18.6. The van der Waals surface area contributed by atoms with Crippen molar-refractivity contribution in [3.8, 4) is 0 Å². The number of anilines is 1. The SMILES string of the molecule is O=C(Nc1ccccc1)c1ccccc1.[H-].[Li+]. The molecule has 0 saturated heterocycles. The maximum absolute atomic E-state index is 11.7. The zero-order valence-corrected chi connectivity index (χ0v) is 9.18. The Morgan fingerprint density at radius 2 is 1.38 bits per heavy atom. The van der Waals surface area contributed by atoms with Crippen molar-refractivity contribution in [3.05, 3.63) is 66.2 Å². The van der Waals surface area contributed by atoms with E-state index in [9.17, 15) is 4.79 Å². The van der Waals surface area contributed by atoms with Crippen LogP contribution in [-0.2, 0) is 0 Å². The van der Waals surface area contributed by atoms with Gasteiger partial charge in [-0.25, -0.2) is 0 Å². The fraction of sp³-hybridized carbons (Fsp3) is 0. The van der Waals surface area contributed by atoms with Gasteiger partial charge in [-0.3, -0.25) is 4.79 Å². The quantitative estimate of drug-likeness (QED) is 0.690. The number of para-hydroxylation sites is 1. The molecule has 0 aliphatic carbocycles. The van der Waals surface area contributed by atoms with Crippen molar-refractivity contribution in [3.63, 3.8) is 0 Å². The minimum Gasteiger partial charge on any atom is -1.00 e. The number of hydrogen-bond donors (Lipinski definition) is 1. The van der Waals surface area contributed by atoms with Gasteiger partial charge in [-0.05, 0) is 24.3 Å². The molecule has 0 aromatic heterocycles. The van der Waals surface area contributed by atoms with Crippen molar-refractivity contribution in [1.82, 2.24) is 0 Å². The van der Waals surface area contributed by atoms with Crippen LogP contribution in [0.25, 0.3) is 0 Å². The van der Waals surface area contributed by atoms with E-state index in [-0.39, 0.29) is 26.2 Å². The second kappa shape index (κ2) is 6.17. The molecule has 0 spiro atoms. The maximum atomic E-state index is 11.7. The molecular weight excluding hydrogens is 193 g/mol. The van der Waals surface area contributed by atoms with Crippen LogP contribution in [0.15, 0.2) is 60.7 Å². The molecule has 0 radical (unpaired) electrons. The molecular formula is C13H12LiNO. The standard InChI is InChI=1S/C13H11NO.Li.H/c15-13(11-7-3-1-4-8-11)14-12-9-5-2-6-10-12;;/h1-10H,(H,14,15);;/q;+1;-1. The second-order valence-corrected chi connectivity index (χ2v) is 3.19. The monoisotopic (exact) mass is 205 g/mol. The Bertz CT molecular complexity index is 447. The van der Waals surface area contributed by atoms with Crippen molar-refractivity contribution in [2.24, 2.45) is 0 Å². The summed E-state index contributed by atoms with van der Waals surface area (Å²) in [6.07, 6.45) is 0. The van der Waals surface area contributed by atoms with Crippen LogP contribution in [0.2, 0.25) is 0 Å². The minimum atomic E-state index is -0.0817. The molecule has 0 aliphatic heterocycles. The van der Waals surface area contributed by atoms with E-state index < -0.39 is 0 Å². The average Bonchev–Trinajstić information content (AvgIpc) is 2.31. The molecule has 0 saturated carbocycles. The molecule has 1 N–H and O–H groups in total. The van der Waals surface area contributed by atoms with Gasteiger partial charge in [0.15, 0.2) is 0 Å². The van der Waals surface area contributed by atoms with Crippen LogP contribution in [-0.4, -0.2) is 5.91 Å². The third kappa shape index (κ3) is 3.27. The van der Waals surface area contributed by atoms with Gasteiger partial charge in [-0.15, -0.1) is 0 Å². The van der Waals surface area contributed by atoms with Gasteiger partial charge >= 0.3 is 18.9 Å². The first-order valence-electron chi connectivity index (χ1n) is 4.78. The average molecular weight is 205 g/mol. The maximum Gasteiger partial charge on any atom is 1.00 e. The zero-order chi connectivity index (χ0) is 10.5. The Kier molecular flexibility index (Phi) is 4.85. The summed E-state index contributed by atoms with van der Waals surface area (Å²) in [5.74, 6) is -0.0817. The first-order valence-corrected chi connectivity index (χ1v) is 4.78. The summed E-state index contributed by atoms with van der Waals surface area (Å²) in [5.41, 5.74) is 1.48. The van der Waals surface area contributed by atoms with Crippen molar-refractivity contribution in [1.29, 1.82) is 0 Å². The Morgan fingerprint density at radius 3 is 1.94 bits per heavy atom. The van der Waals surface area contributed by atoms with Crippen molar-refractivity contribution in [2.45, 2.75) is 0 Å². The molecule has 2 nitrogen and oxygen atoms in total. The first-order chi connectivity index (χ1) is 7.36. The molecule has 0 fully saturated rings. The topological polar surface area (TPSA) is 29.1 Å². The van der Waals surface area contributed by atoms with E-state index >= 15 is 0 Å². The van der Waals surface area contributed by atoms with Gasteiger partial charge in [0, 0.05) is 11.3 Å². The summed E-state index contributed by atoms with van der Waals surface area (Å²) in [5, 5.41) is 2.82. The van der Waals surface area contributed by atoms with E-state index in [1.807, 2.05) is 48.5 Å². The Labute approximate surface area is 108 Å². The Morgan fingerprint density at radius 1 is 0.875 bits per heavy atom. The van der Waals surface area contributed by atoms with E-state index in [1.54, 1.807) is 12.1 Å². The largest absolute Gasteiger partial charge is 1.00 e. The number of nitrogens with one attached hydrogen (secondary N) is 1. The molecule has 3 heteroatoms. The molecule has 76 valence electrons. The molecule has 0 bridgehead atoms. The summed E-state index contributed by atoms with van der Waals surface area (Å²) < 4.78 is 0. The van der Waals surface area contributed by atoms with Gasteiger partial charge in [0.25, 0.3) is 5.91 Å². The van der Waals surface area contributed by atoms with E-state index in [2.05, 4.69) is 5.32 Å². The van der Waals surface area contributed by atoms with E-state index in [1.165, 1.54) is 0 Å². The second-order valence-electron chi connectivity index (χ2n) is 3.19. The van der Waals surface area contributed by atoms with Crippen molar-refractivity contribution >= 4 is 11.6 Å². The predicted molar refractivity (Wildman–Crippen MR) is 61.9 cm³/mol. The molecule has 2 rings (SSSR count). The fourth-order valence-corrected chi connectivity index (χ4v) is 1.31. The van der Waals surface area contributed by atoms with Crippen LogP contribution >= 0.6 is 0 Å². The first kappa shape index (κ1) is 12.6. The number of carbonyl (C=O) groups is 1. The molecule has 0 unspecified atom stereocenters. The normalized spacial score (nSPS) is 9.00. The molecule has 2 aromatic carbocycles. The van der Waals surface area contributed by atoms with E-state index in [4.69, 9.17) is 0 Å². The number of rotatable bonds is 2. The van der Waals surface area contributed by atoms with Crippen LogP contribution in [0, 0.1) is 0 Å². The van der Waals surface area contributed by atoms with Gasteiger partial charge in [0.2, 0.25) is 0 Å². The number of carbonyl (C=O) groups excluding carboxylic acids is 1. The fourth-order valence-electron chi connectivity index (χ4n) is 1.31. The number of amides is 1. The van der Waals surface area contributed by atoms with Gasteiger partial charge in [-0.1, -0.05) is 36.4 Å². The molecule has 16 heavy (non-hydrogen) atoms. The summed E-state index contributed by atoms with van der Waals surface area (Å²) >= 11 is 0. The molecule has 0 aliphatic rings. The van der Waals surface area contributed by atoms with Crippen LogP contribution in [0.1, 0.15) is 11.8 Å². The predicted octanol–water partition coefficient (Wildman–Crippen LogP) is 0.0554. The summed E-state index contributed by atoms with van der Waals surface area (Å²) in [6.45, 7) is 0.